The van der Waals surface area contributed by atoms with E-state index in [4.69, 9.17) is 9.47 Å². The number of carbonyl (C=O) groups is 1. The highest BCUT2D eigenvalue weighted by Gasteiger charge is 2.31. The SMILES string of the molecule is CCOc1ccc(C(=O)N2CCCC[C@H]2c2nncn2C)cc1OCC. The highest BCUT2D eigenvalue weighted by molar-refractivity contribution is 5.95. The molecule has 3 rings (SSSR count). The number of nitrogens with zero attached hydrogens (tertiary/aromatic N) is 4. The van der Waals surface area contributed by atoms with Crippen LogP contribution in [0.2, 0.25) is 0 Å². The van der Waals surface area contributed by atoms with E-state index in [1.165, 1.54) is 0 Å². The van der Waals surface area contributed by atoms with Crippen molar-refractivity contribution in [3.05, 3.63) is 35.9 Å². The molecular formula is C19H26N4O3. The Bertz CT molecular complexity index is 759. The van der Waals surface area contributed by atoms with Gasteiger partial charge in [0.2, 0.25) is 0 Å². The lowest BCUT2D eigenvalue weighted by atomic mass is 10.00. The highest BCUT2D eigenvalue weighted by atomic mass is 16.5. The van der Waals surface area contributed by atoms with Crippen molar-refractivity contribution in [1.82, 2.24) is 19.7 Å². The smallest absolute Gasteiger partial charge is 0.254 e. The number of ether oxygens (including phenoxy) is 2. The van der Waals surface area contributed by atoms with Crippen molar-refractivity contribution in [1.29, 1.82) is 0 Å². The summed E-state index contributed by atoms with van der Waals surface area (Å²) in [7, 11) is 1.91. The number of amides is 1. The van der Waals surface area contributed by atoms with Gasteiger partial charge in [-0.2, -0.15) is 0 Å². The normalized spacial score (nSPS) is 17.2. The van der Waals surface area contributed by atoms with E-state index >= 15 is 0 Å². The number of hydrogen-bond acceptors (Lipinski definition) is 5. The predicted octanol–water partition coefficient (Wildman–Crippen LogP) is 2.98. The second-order valence-corrected chi connectivity index (χ2v) is 6.34. The Morgan fingerprint density at radius 3 is 2.65 bits per heavy atom. The fourth-order valence-electron chi connectivity index (χ4n) is 3.39. The first-order chi connectivity index (χ1) is 12.7. The molecule has 0 unspecified atom stereocenters. The minimum atomic E-state index is -0.0501. The minimum Gasteiger partial charge on any atom is -0.490 e. The molecular weight excluding hydrogens is 332 g/mol. The Kier molecular flexibility index (Phi) is 5.75. The molecule has 0 N–H and O–H groups in total. The largest absolute Gasteiger partial charge is 0.490 e. The lowest BCUT2D eigenvalue weighted by Crippen LogP contribution is -2.39. The van der Waals surface area contributed by atoms with Gasteiger partial charge >= 0.3 is 0 Å². The van der Waals surface area contributed by atoms with E-state index in [1.54, 1.807) is 18.5 Å². The lowest BCUT2D eigenvalue weighted by molar-refractivity contribution is 0.0595. The van der Waals surface area contributed by atoms with E-state index in [-0.39, 0.29) is 11.9 Å². The molecule has 1 fully saturated rings. The number of likely N-dealkylation sites (tertiary alicyclic amines) is 1. The van der Waals surface area contributed by atoms with Gasteiger partial charge < -0.3 is 18.9 Å². The van der Waals surface area contributed by atoms with Crippen molar-refractivity contribution >= 4 is 5.91 Å². The zero-order valence-electron chi connectivity index (χ0n) is 15.6. The van der Waals surface area contributed by atoms with Gasteiger partial charge in [0.15, 0.2) is 17.3 Å². The van der Waals surface area contributed by atoms with Crippen LogP contribution in [0.1, 0.15) is 55.3 Å². The number of piperidine rings is 1. The van der Waals surface area contributed by atoms with Crippen molar-refractivity contribution in [2.45, 2.75) is 39.2 Å². The van der Waals surface area contributed by atoms with Crippen LogP contribution >= 0.6 is 0 Å². The monoisotopic (exact) mass is 358 g/mol. The first-order valence-corrected chi connectivity index (χ1v) is 9.20. The molecule has 1 amide bonds. The first-order valence-electron chi connectivity index (χ1n) is 9.20. The summed E-state index contributed by atoms with van der Waals surface area (Å²) >= 11 is 0. The van der Waals surface area contributed by atoms with Crippen molar-refractivity contribution in [3.8, 4) is 11.5 Å². The standard InChI is InChI=1S/C19H26N4O3/c1-4-25-16-10-9-14(12-17(16)26-5-2)19(24)23-11-7-6-8-15(23)18-21-20-13-22(18)3/h9-10,12-13,15H,4-8,11H2,1-3H3/t15-/m0/s1. The maximum Gasteiger partial charge on any atom is 0.254 e. The van der Waals surface area contributed by atoms with Crippen LogP contribution in [0.3, 0.4) is 0 Å². The summed E-state index contributed by atoms with van der Waals surface area (Å²) in [4.78, 5) is 15.1. The van der Waals surface area contributed by atoms with Crippen LogP contribution in [0, 0.1) is 0 Å². The summed E-state index contributed by atoms with van der Waals surface area (Å²) in [5.41, 5.74) is 0.603. The summed E-state index contributed by atoms with van der Waals surface area (Å²) in [6.45, 7) is 5.62. The number of aromatic nitrogens is 3. The summed E-state index contributed by atoms with van der Waals surface area (Å²) in [5, 5.41) is 8.20. The molecule has 0 aliphatic carbocycles. The quantitative estimate of drug-likeness (QED) is 0.794. The molecule has 2 heterocycles. The van der Waals surface area contributed by atoms with Gasteiger partial charge in [0.05, 0.1) is 19.3 Å². The predicted molar refractivity (Wildman–Crippen MR) is 97.4 cm³/mol. The molecule has 2 aromatic rings. The first kappa shape index (κ1) is 18.2. The Balaban J connectivity index is 1.89. The molecule has 7 heteroatoms. The molecule has 1 atom stereocenters. The molecule has 7 nitrogen and oxygen atoms in total. The van der Waals surface area contributed by atoms with E-state index in [0.29, 0.717) is 36.8 Å². The summed E-state index contributed by atoms with van der Waals surface area (Å²) in [5.74, 6) is 2.08. The molecule has 140 valence electrons. The van der Waals surface area contributed by atoms with Gasteiger partial charge in [-0.05, 0) is 51.3 Å². The number of aryl methyl sites for hydroxylation is 1. The zero-order chi connectivity index (χ0) is 18.5. The van der Waals surface area contributed by atoms with Crippen LogP contribution in [0.5, 0.6) is 11.5 Å². The summed E-state index contributed by atoms with van der Waals surface area (Å²) in [6.07, 6.45) is 4.65. The van der Waals surface area contributed by atoms with E-state index in [9.17, 15) is 4.79 Å². The maximum absolute atomic E-state index is 13.2. The Labute approximate surface area is 153 Å². The van der Waals surface area contributed by atoms with Crippen molar-refractivity contribution in [2.75, 3.05) is 19.8 Å². The van der Waals surface area contributed by atoms with Gasteiger partial charge in [0.1, 0.15) is 6.33 Å². The van der Waals surface area contributed by atoms with Gasteiger partial charge in [-0.1, -0.05) is 0 Å². The third-order valence-electron chi connectivity index (χ3n) is 4.60. The van der Waals surface area contributed by atoms with Crippen LogP contribution in [0.15, 0.2) is 24.5 Å². The van der Waals surface area contributed by atoms with Crippen LogP contribution in [0.4, 0.5) is 0 Å². The van der Waals surface area contributed by atoms with Gasteiger partial charge in [0.25, 0.3) is 5.91 Å². The topological polar surface area (TPSA) is 69.5 Å². The average molecular weight is 358 g/mol. The molecule has 1 saturated heterocycles. The van der Waals surface area contributed by atoms with E-state index in [0.717, 1.165) is 25.1 Å². The van der Waals surface area contributed by atoms with Gasteiger partial charge in [-0.25, -0.2) is 0 Å². The van der Waals surface area contributed by atoms with E-state index in [1.807, 2.05) is 36.4 Å². The van der Waals surface area contributed by atoms with E-state index < -0.39 is 0 Å². The van der Waals surface area contributed by atoms with Crippen molar-refractivity contribution in [2.24, 2.45) is 7.05 Å². The molecule has 26 heavy (non-hydrogen) atoms. The Morgan fingerprint density at radius 2 is 1.96 bits per heavy atom. The van der Waals surface area contributed by atoms with E-state index in [2.05, 4.69) is 10.2 Å². The third kappa shape index (κ3) is 3.66. The molecule has 0 bridgehead atoms. The number of rotatable bonds is 6. The fraction of sp³-hybridized carbons (Fsp3) is 0.526. The zero-order valence-corrected chi connectivity index (χ0v) is 15.6. The van der Waals surface area contributed by atoms with Crippen molar-refractivity contribution in [3.63, 3.8) is 0 Å². The molecule has 1 aromatic carbocycles. The van der Waals surface area contributed by atoms with Crippen LogP contribution in [-0.4, -0.2) is 45.3 Å². The van der Waals surface area contributed by atoms with Gasteiger partial charge in [-0.15, -0.1) is 10.2 Å². The fourth-order valence-corrected chi connectivity index (χ4v) is 3.39. The van der Waals surface area contributed by atoms with Crippen LogP contribution in [-0.2, 0) is 7.05 Å². The van der Waals surface area contributed by atoms with Crippen LogP contribution < -0.4 is 9.47 Å². The van der Waals surface area contributed by atoms with Gasteiger partial charge in [0, 0.05) is 19.2 Å². The minimum absolute atomic E-state index is 0.0123. The maximum atomic E-state index is 13.2. The van der Waals surface area contributed by atoms with Gasteiger partial charge in [-0.3, -0.25) is 4.79 Å². The number of hydrogen-bond donors (Lipinski definition) is 0. The highest BCUT2D eigenvalue weighted by Crippen LogP contribution is 2.33. The second kappa shape index (κ2) is 8.21. The lowest BCUT2D eigenvalue weighted by Gasteiger charge is -2.35. The molecule has 0 saturated carbocycles. The molecule has 0 spiro atoms. The molecule has 0 radical (unpaired) electrons. The summed E-state index contributed by atoms with van der Waals surface area (Å²) < 4.78 is 13.1. The summed E-state index contributed by atoms with van der Waals surface area (Å²) in [6, 6.07) is 5.34. The number of carbonyl (C=O) groups excluding carboxylic acids is 1. The Hall–Kier alpha value is -2.57. The molecule has 1 aliphatic heterocycles. The molecule has 1 aliphatic rings. The average Bonchev–Trinajstić information content (AvgIpc) is 3.09. The Morgan fingerprint density at radius 1 is 1.19 bits per heavy atom. The second-order valence-electron chi connectivity index (χ2n) is 6.34. The number of benzene rings is 1. The molecule has 1 aromatic heterocycles. The van der Waals surface area contributed by atoms with Crippen LogP contribution in [0.25, 0.3) is 0 Å². The third-order valence-corrected chi connectivity index (χ3v) is 4.60. The van der Waals surface area contributed by atoms with Crippen molar-refractivity contribution < 1.29 is 14.3 Å².